The highest BCUT2D eigenvalue weighted by molar-refractivity contribution is 6.31. The zero-order chi connectivity index (χ0) is 11.3. The van der Waals surface area contributed by atoms with E-state index in [2.05, 4.69) is 5.32 Å². The van der Waals surface area contributed by atoms with Gasteiger partial charge in [0.15, 0.2) is 0 Å². The second-order valence-corrected chi connectivity index (χ2v) is 3.38. The van der Waals surface area contributed by atoms with Crippen LogP contribution >= 0.6 is 11.6 Å². The summed E-state index contributed by atoms with van der Waals surface area (Å²) in [4.78, 5) is 20.8. The van der Waals surface area contributed by atoms with E-state index in [1.54, 1.807) is 18.2 Å². The Morgan fingerprint density at radius 2 is 2.13 bits per heavy atom. The van der Waals surface area contributed by atoms with E-state index in [0.717, 1.165) is 5.56 Å². The number of nitrogens with one attached hydrogen (secondary N) is 1. The van der Waals surface area contributed by atoms with E-state index in [0.29, 0.717) is 11.4 Å². The van der Waals surface area contributed by atoms with E-state index in [1.807, 2.05) is 6.07 Å². The minimum atomic E-state index is -1.47. The van der Waals surface area contributed by atoms with Crippen molar-refractivity contribution in [3.8, 4) is 0 Å². The van der Waals surface area contributed by atoms with E-state index in [4.69, 9.17) is 16.7 Å². The van der Waals surface area contributed by atoms with Crippen molar-refractivity contribution in [2.45, 2.75) is 6.42 Å². The fourth-order valence-corrected chi connectivity index (χ4v) is 1.30. The van der Waals surface area contributed by atoms with Crippen LogP contribution in [0.4, 0.5) is 0 Å². The number of rotatable bonds is 3. The molecule has 0 saturated heterocycles. The highest BCUT2D eigenvalue weighted by Crippen LogP contribution is 2.10. The first-order valence-electron chi connectivity index (χ1n) is 4.35. The molecule has 0 aliphatic rings. The zero-order valence-corrected chi connectivity index (χ0v) is 8.62. The summed E-state index contributed by atoms with van der Waals surface area (Å²) < 4.78 is 0. The molecule has 0 fully saturated rings. The van der Waals surface area contributed by atoms with E-state index < -0.39 is 11.9 Å². The Morgan fingerprint density at radius 1 is 1.40 bits per heavy atom. The van der Waals surface area contributed by atoms with Gasteiger partial charge in [-0.05, 0) is 24.1 Å². The molecule has 0 heterocycles. The molecule has 4 nitrogen and oxygen atoms in total. The fraction of sp³-hybridized carbons (Fsp3) is 0.200. The van der Waals surface area contributed by atoms with Crippen LogP contribution in [0.5, 0.6) is 0 Å². The minimum Gasteiger partial charge on any atom is -0.474 e. The molecule has 15 heavy (non-hydrogen) atoms. The summed E-state index contributed by atoms with van der Waals surface area (Å²) in [6.45, 7) is 0.283. The number of amides is 1. The summed E-state index contributed by atoms with van der Waals surface area (Å²) >= 11 is 5.76. The molecule has 1 aromatic carbocycles. The van der Waals surface area contributed by atoms with E-state index in [9.17, 15) is 9.59 Å². The van der Waals surface area contributed by atoms with Gasteiger partial charge >= 0.3 is 11.9 Å². The highest BCUT2D eigenvalue weighted by atomic mass is 35.5. The molecule has 80 valence electrons. The predicted molar refractivity (Wildman–Crippen MR) is 55.8 cm³/mol. The van der Waals surface area contributed by atoms with Gasteiger partial charge in [-0.15, -0.1) is 0 Å². The van der Waals surface area contributed by atoms with Crippen molar-refractivity contribution in [1.82, 2.24) is 5.32 Å². The van der Waals surface area contributed by atoms with Gasteiger partial charge in [0, 0.05) is 11.6 Å². The van der Waals surface area contributed by atoms with Gasteiger partial charge in [-0.2, -0.15) is 0 Å². The molecule has 0 aliphatic heterocycles. The highest BCUT2D eigenvalue weighted by Gasteiger charge is 2.08. The quantitative estimate of drug-likeness (QED) is 0.760. The number of carbonyl (C=O) groups excluding carboxylic acids is 1. The molecule has 0 bridgehead atoms. The van der Waals surface area contributed by atoms with Gasteiger partial charge in [-0.3, -0.25) is 4.79 Å². The number of hydrogen-bond acceptors (Lipinski definition) is 2. The Bertz CT molecular complexity index is 379. The lowest BCUT2D eigenvalue weighted by Gasteiger charge is -2.02. The third-order valence-electron chi connectivity index (χ3n) is 1.78. The molecule has 0 atom stereocenters. The van der Waals surface area contributed by atoms with Crippen molar-refractivity contribution in [2.75, 3.05) is 6.54 Å². The van der Waals surface area contributed by atoms with Crippen LogP contribution in [0, 0.1) is 0 Å². The lowest BCUT2D eigenvalue weighted by Crippen LogP contribution is -2.32. The Labute approximate surface area is 91.9 Å². The van der Waals surface area contributed by atoms with E-state index >= 15 is 0 Å². The monoisotopic (exact) mass is 227 g/mol. The van der Waals surface area contributed by atoms with E-state index in [-0.39, 0.29) is 6.54 Å². The number of halogens is 1. The summed E-state index contributed by atoms with van der Waals surface area (Å²) in [6.07, 6.45) is 0.555. The van der Waals surface area contributed by atoms with Crippen LogP contribution in [0.2, 0.25) is 5.02 Å². The number of carboxylic acids is 1. The van der Waals surface area contributed by atoms with Crippen LogP contribution in [0.1, 0.15) is 5.56 Å². The van der Waals surface area contributed by atoms with Crippen molar-refractivity contribution >= 4 is 23.5 Å². The normalized spacial score (nSPS) is 9.67. The second kappa shape index (κ2) is 5.36. The maximum Gasteiger partial charge on any atom is 0.394 e. The minimum absolute atomic E-state index is 0.283. The van der Waals surface area contributed by atoms with E-state index in [1.165, 1.54) is 0 Å². The standard InChI is InChI=1S/C10H10ClNO3/c11-8-3-1-2-7(6-8)4-5-12-9(13)10(14)15/h1-3,6H,4-5H2,(H,12,13)(H,14,15). The zero-order valence-electron chi connectivity index (χ0n) is 7.87. The Morgan fingerprint density at radius 3 is 2.73 bits per heavy atom. The number of benzene rings is 1. The van der Waals surface area contributed by atoms with Crippen molar-refractivity contribution < 1.29 is 14.7 Å². The first-order valence-corrected chi connectivity index (χ1v) is 4.73. The molecule has 0 aromatic heterocycles. The van der Waals surface area contributed by atoms with Crippen LogP contribution in [0.15, 0.2) is 24.3 Å². The largest absolute Gasteiger partial charge is 0.474 e. The first kappa shape index (κ1) is 11.5. The first-order chi connectivity index (χ1) is 7.09. The van der Waals surface area contributed by atoms with Gasteiger partial charge in [-0.25, -0.2) is 4.79 Å². The molecule has 1 rings (SSSR count). The van der Waals surface area contributed by atoms with Crippen molar-refractivity contribution in [2.24, 2.45) is 0 Å². The molecule has 0 radical (unpaired) electrons. The third kappa shape index (κ3) is 3.99. The topological polar surface area (TPSA) is 66.4 Å². The lowest BCUT2D eigenvalue weighted by atomic mass is 10.1. The Hall–Kier alpha value is -1.55. The summed E-state index contributed by atoms with van der Waals surface area (Å²) in [5.74, 6) is -2.46. The summed E-state index contributed by atoms with van der Waals surface area (Å²) in [5.41, 5.74) is 0.952. The molecular weight excluding hydrogens is 218 g/mol. The second-order valence-electron chi connectivity index (χ2n) is 2.94. The van der Waals surface area contributed by atoms with Gasteiger partial charge in [0.1, 0.15) is 0 Å². The molecule has 1 aromatic rings. The maximum atomic E-state index is 10.7. The summed E-state index contributed by atoms with van der Waals surface area (Å²) in [7, 11) is 0. The van der Waals surface area contributed by atoms with Gasteiger partial charge in [0.25, 0.3) is 0 Å². The number of carboxylic acid groups (broad SMARTS) is 1. The number of hydrogen-bond donors (Lipinski definition) is 2. The van der Waals surface area contributed by atoms with Crippen molar-refractivity contribution in [1.29, 1.82) is 0 Å². The van der Waals surface area contributed by atoms with Crippen molar-refractivity contribution in [3.05, 3.63) is 34.9 Å². The van der Waals surface area contributed by atoms with Crippen LogP contribution in [0.3, 0.4) is 0 Å². The van der Waals surface area contributed by atoms with Crippen LogP contribution in [0.25, 0.3) is 0 Å². The predicted octanol–water partition coefficient (Wildman–Crippen LogP) is 1.08. The average Bonchev–Trinajstić information content (AvgIpc) is 2.17. The molecule has 2 N–H and O–H groups in total. The summed E-state index contributed by atoms with van der Waals surface area (Å²) in [6, 6.07) is 7.19. The Kier molecular flexibility index (Phi) is 4.12. The van der Waals surface area contributed by atoms with Gasteiger partial charge < -0.3 is 10.4 Å². The number of aliphatic carboxylic acids is 1. The molecule has 0 unspecified atom stereocenters. The molecule has 0 aliphatic carbocycles. The van der Waals surface area contributed by atoms with Gasteiger partial charge in [-0.1, -0.05) is 23.7 Å². The van der Waals surface area contributed by atoms with Crippen LogP contribution < -0.4 is 5.32 Å². The lowest BCUT2D eigenvalue weighted by molar-refractivity contribution is -0.150. The van der Waals surface area contributed by atoms with Crippen LogP contribution in [-0.2, 0) is 16.0 Å². The molecule has 5 heteroatoms. The average molecular weight is 228 g/mol. The fourth-order valence-electron chi connectivity index (χ4n) is 1.09. The van der Waals surface area contributed by atoms with Crippen LogP contribution in [-0.4, -0.2) is 23.5 Å². The third-order valence-corrected chi connectivity index (χ3v) is 2.02. The molecule has 1 amide bonds. The maximum absolute atomic E-state index is 10.7. The SMILES string of the molecule is O=C(O)C(=O)NCCc1cccc(Cl)c1. The van der Waals surface area contributed by atoms with Gasteiger partial charge in [0.2, 0.25) is 0 Å². The Balaban J connectivity index is 2.38. The smallest absolute Gasteiger partial charge is 0.394 e. The molecular formula is C10H10ClNO3. The molecule has 0 saturated carbocycles. The molecule has 0 spiro atoms. The summed E-state index contributed by atoms with van der Waals surface area (Å²) in [5, 5.41) is 11.2. The number of carbonyl (C=O) groups is 2. The van der Waals surface area contributed by atoms with Gasteiger partial charge in [0.05, 0.1) is 0 Å². The van der Waals surface area contributed by atoms with Crippen molar-refractivity contribution in [3.63, 3.8) is 0 Å².